The number of carbonyl (C=O) groups is 2. The Hall–Kier alpha value is -3.60. The van der Waals surface area contributed by atoms with Gasteiger partial charge in [-0.15, -0.1) is 0 Å². The molecule has 3 aromatic rings. The molecule has 0 radical (unpaired) electrons. The molecule has 29 heavy (non-hydrogen) atoms. The molecule has 1 heterocycles. The van der Waals surface area contributed by atoms with Crippen LogP contribution in [0.5, 0.6) is 0 Å². The summed E-state index contributed by atoms with van der Waals surface area (Å²) >= 11 is 0. The van der Waals surface area contributed by atoms with E-state index in [0.29, 0.717) is 5.52 Å². The van der Waals surface area contributed by atoms with Crippen LogP contribution in [0.25, 0.3) is 11.1 Å². The molecule has 0 saturated heterocycles. The minimum absolute atomic E-state index is 0.0439. The van der Waals surface area contributed by atoms with Gasteiger partial charge in [-0.1, -0.05) is 0 Å². The number of ether oxygens (including phenoxy) is 2. The largest absolute Gasteiger partial charge is 0.465 e. The molecule has 11 heteroatoms. The highest BCUT2D eigenvalue weighted by atomic mass is 32.2. The molecule has 1 aromatic heterocycles. The Balaban J connectivity index is 2.04. The van der Waals surface area contributed by atoms with Gasteiger partial charge in [0.2, 0.25) is 0 Å². The van der Waals surface area contributed by atoms with E-state index in [4.69, 9.17) is 4.42 Å². The van der Waals surface area contributed by atoms with Crippen LogP contribution in [0.4, 0.5) is 5.69 Å². The maximum atomic E-state index is 12.8. The molecule has 0 bridgehead atoms. The Morgan fingerprint density at radius 2 is 1.59 bits per heavy atom. The fourth-order valence-electron chi connectivity index (χ4n) is 2.65. The number of carbonyl (C=O) groups excluding carboxylic acids is 2. The van der Waals surface area contributed by atoms with Gasteiger partial charge < -0.3 is 13.9 Å². The third kappa shape index (κ3) is 3.85. The van der Waals surface area contributed by atoms with Crippen molar-refractivity contribution in [2.24, 2.45) is 7.05 Å². The SMILES string of the molecule is COC(=O)c1cc(NS(=O)(=O)c2ccc3c(c2)oc(=O)n3C)cc(C(=O)OC)c1. The molecule has 0 spiro atoms. The number of methoxy groups -OCH3 is 2. The first-order valence-electron chi connectivity index (χ1n) is 8.10. The number of nitrogens with zero attached hydrogens (tertiary/aromatic N) is 1. The minimum Gasteiger partial charge on any atom is -0.465 e. The molecule has 0 aliphatic carbocycles. The molecule has 0 atom stereocenters. The van der Waals surface area contributed by atoms with Gasteiger partial charge in [0.25, 0.3) is 10.0 Å². The zero-order valence-corrected chi connectivity index (χ0v) is 16.4. The molecule has 0 fully saturated rings. The van der Waals surface area contributed by atoms with Crippen molar-refractivity contribution < 1.29 is 31.9 Å². The van der Waals surface area contributed by atoms with E-state index in [1.165, 1.54) is 48.0 Å². The molecular formula is C18H16N2O8S. The van der Waals surface area contributed by atoms with Gasteiger partial charge in [0.1, 0.15) is 0 Å². The Morgan fingerprint density at radius 3 is 2.14 bits per heavy atom. The zero-order chi connectivity index (χ0) is 21.3. The van der Waals surface area contributed by atoms with Crippen molar-refractivity contribution >= 4 is 38.7 Å². The van der Waals surface area contributed by atoms with Crippen molar-refractivity contribution in [1.29, 1.82) is 0 Å². The van der Waals surface area contributed by atoms with Gasteiger partial charge in [0, 0.05) is 13.1 Å². The van der Waals surface area contributed by atoms with Gasteiger partial charge in [0.05, 0.1) is 41.4 Å². The number of hydrogen-bond donors (Lipinski definition) is 1. The Bertz CT molecular complexity index is 1250. The summed E-state index contributed by atoms with van der Waals surface area (Å²) in [5, 5.41) is 0. The number of esters is 2. The standard InChI is InChI=1S/C18H16N2O8S/c1-20-14-5-4-13(9-15(14)28-18(20)23)29(24,25)19-12-7-10(16(21)26-2)6-11(8-12)17(22)27-3/h4-9,19H,1-3H3. The van der Waals surface area contributed by atoms with Gasteiger partial charge in [-0.3, -0.25) is 9.29 Å². The van der Waals surface area contributed by atoms with E-state index in [1.807, 2.05) is 0 Å². The summed E-state index contributed by atoms with van der Waals surface area (Å²) in [5.74, 6) is -2.15. The first kappa shape index (κ1) is 20.1. The summed E-state index contributed by atoms with van der Waals surface area (Å²) in [6, 6.07) is 7.59. The zero-order valence-electron chi connectivity index (χ0n) is 15.6. The van der Waals surface area contributed by atoms with E-state index in [-0.39, 0.29) is 27.3 Å². The Kier molecular flexibility index (Phi) is 5.16. The maximum absolute atomic E-state index is 12.8. The van der Waals surface area contributed by atoms with E-state index in [1.54, 1.807) is 0 Å². The Labute approximate surface area is 164 Å². The van der Waals surface area contributed by atoms with E-state index in [2.05, 4.69) is 14.2 Å². The first-order valence-corrected chi connectivity index (χ1v) is 9.58. The normalized spacial score (nSPS) is 11.3. The first-order chi connectivity index (χ1) is 13.7. The second-order valence-electron chi connectivity index (χ2n) is 5.94. The number of rotatable bonds is 5. The predicted octanol–water partition coefficient (Wildman–Crippen LogP) is 1.51. The van der Waals surface area contributed by atoms with E-state index in [0.717, 1.165) is 14.2 Å². The van der Waals surface area contributed by atoms with Gasteiger partial charge >= 0.3 is 17.7 Å². The van der Waals surface area contributed by atoms with Crippen LogP contribution in [0.1, 0.15) is 20.7 Å². The maximum Gasteiger partial charge on any atom is 0.419 e. The lowest BCUT2D eigenvalue weighted by atomic mass is 10.1. The molecule has 0 amide bonds. The summed E-state index contributed by atoms with van der Waals surface area (Å²) in [6.45, 7) is 0. The summed E-state index contributed by atoms with van der Waals surface area (Å²) in [4.78, 5) is 35.1. The number of sulfonamides is 1. The summed E-state index contributed by atoms with van der Waals surface area (Å²) < 4.78 is 43.3. The fraction of sp³-hybridized carbons (Fsp3) is 0.167. The van der Waals surface area contributed by atoms with Crippen LogP contribution in [0.3, 0.4) is 0 Å². The van der Waals surface area contributed by atoms with Crippen LogP contribution in [0, 0.1) is 0 Å². The number of oxazole rings is 1. The molecule has 152 valence electrons. The average Bonchev–Trinajstić information content (AvgIpc) is 2.99. The van der Waals surface area contributed by atoms with E-state index >= 15 is 0 Å². The third-order valence-corrected chi connectivity index (χ3v) is 5.48. The van der Waals surface area contributed by atoms with Crippen LogP contribution >= 0.6 is 0 Å². The van der Waals surface area contributed by atoms with Crippen LogP contribution < -0.4 is 10.5 Å². The molecule has 1 N–H and O–H groups in total. The molecular weight excluding hydrogens is 404 g/mol. The fourth-order valence-corrected chi connectivity index (χ4v) is 3.71. The second kappa shape index (κ2) is 7.43. The van der Waals surface area contributed by atoms with E-state index < -0.39 is 27.7 Å². The number of nitrogens with one attached hydrogen (secondary N) is 1. The van der Waals surface area contributed by atoms with Gasteiger partial charge in [-0.25, -0.2) is 22.8 Å². The Morgan fingerprint density at radius 1 is 1.00 bits per heavy atom. The monoisotopic (exact) mass is 420 g/mol. The van der Waals surface area contributed by atoms with Crippen LogP contribution in [0.15, 0.2) is 50.5 Å². The summed E-state index contributed by atoms with van der Waals surface area (Å²) in [6.07, 6.45) is 0. The number of fused-ring (bicyclic) bond motifs is 1. The van der Waals surface area contributed by atoms with E-state index in [9.17, 15) is 22.8 Å². The molecule has 3 rings (SSSR count). The minimum atomic E-state index is -4.13. The number of benzene rings is 2. The number of aromatic nitrogens is 1. The van der Waals surface area contributed by atoms with Gasteiger partial charge in [-0.05, 0) is 30.3 Å². The van der Waals surface area contributed by atoms with Crippen molar-refractivity contribution in [2.75, 3.05) is 18.9 Å². The lowest BCUT2D eigenvalue weighted by Crippen LogP contribution is -2.15. The quantitative estimate of drug-likeness (QED) is 0.614. The van der Waals surface area contributed by atoms with Gasteiger partial charge in [0.15, 0.2) is 5.58 Å². The number of hydrogen-bond acceptors (Lipinski definition) is 8. The molecule has 0 saturated carbocycles. The average molecular weight is 420 g/mol. The van der Waals surface area contributed by atoms with Crippen LogP contribution in [0.2, 0.25) is 0 Å². The smallest absolute Gasteiger partial charge is 0.419 e. The van der Waals surface area contributed by atoms with Crippen molar-refractivity contribution in [3.8, 4) is 0 Å². The topological polar surface area (TPSA) is 134 Å². The molecule has 0 aliphatic rings. The highest BCUT2D eigenvalue weighted by Crippen LogP contribution is 2.23. The molecule has 0 unspecified atom stereocenters. The van der Waals surface area contributed by atoms with Crippen molar-refractivity contribution in [2.45, 2.75) is 4.90 Å². The lowest BCUT2D eigenvalue weighted by Gasteiger charge is -2.11. The van der Waals surface area contributed by atoms with Crippen LogP contribution in [-0.4, -0.2) is 39.1 Å². The van der Waals surface area contributed by atoms with Crippen molar-refractivity contribution in [3.63, 3.8) is 0 Å². The number of aryl methyl sites for hydroxylation is 1. The molecule has 0 aliphatic heterocycles. The highest BCUT2D eigenvalue weighted by Gasteiger charge is 2.20. The summed E-state index contributed by atoms with van der Waals surface area (Å²) in [7, 11) is -0.334. The van der Waals surface area contributed by atoms with Gasteiger partial charge in [-0.2, -0.15) is 0 Å². The molecule has 10 nitrogen and oxygen atoms in total. The third-order valence-electron chi connectivity index (χ3n) is 4.10. The van der Waals surface area contributed by atoms with Crippen molar-refractivity contribution in [3.05, 3.63) is 58.1 Å². The lowest BCUT2D eigenvalue weighted by molar-refractivity contribution is 0.0599. The van der Waals surface area contributed by atoms with Crippen molar-refractivity contribution in [1.82, 2.24) is 4.57 Å². The summed E-state index contributed by atoms with van der Waals surface area (Å²) in [5.41, 5.74) is 0.381. The van der Waals surface area contributed by atoms with Crippen LogP contribution in [-0.2, 0) is 26.5 Å². The predicted molar refractivity (Wildman–Crippen MR) is 101 cm³/mol. The number of anilines is 1. The highest BCUT2D eigenvalue weighted by molar-refractivity contribution is 7.92. The second-order valence-corrected chi connectivity index (χ2v) is 7.63. The molecule has 2 aromatic carbocycles.